The first-order chi connectivity index (χ1) is 16.3. The molecule has 1 aromatic carbocycles. The Hall–Kier alpha value is -3.92. The smallest absolute Gasteiger partial charge is 0.322 e. The number of aromatic amines is 1. The summed E-state index contributed by atoms with van der Waals surface area (Å²) in [4.78, 5) is 46.9. The summed E-state index contributed by atoms with van der Waals surface area (Å²) < 4.78 is 0. The van der Waals surface area contributed by atoms with E-state index in [-0.39, 0.29) is 29.7 Å². The molecule has 2 aromatic heterocycles. The van der Waals surface area contributed by atoms with Gasteiger partial charge in [-0.05, 0) is 30.4 Å². The van der Waals surface area contributed by atoms with Crippen LogP contribution < -0.4 is 16.4 Å². The van der Waals surface area contributed by atoms with Crippen molar-refractivity contribution in [3.05, 3.63) is 53.2 Å². The lowest BCUT2D eigenvalue weighted by molar-refractivity contribution is -0.135. The van der Waals surface area contributed by atoms with Crippen LogP contribution in [-0.2, 0) is 9.59 Å². The van der Waals surface area contributed by atoms with E-state index in [0.717, 1.165) is 6.42 Å². The zero-order valence-electron chi connectivity index (χ0n) is 17.8. The molecule has 0 saturated heterocycles. The van der Waals surface area contributed by atoms with Crippen LogP contribution in [0.3, 0.4) is 0 Å². The number of aromatic nitrogens is 3. The van der Waals surface area contributed by atoms with E-state index in [1.807, 2.05) is 0 Å². The van der Waals surface area contributed by atoms with Gasteiger partial charge in [-0.2, -0.15) is 0 Å². The summed E-state index contributed by atoms with van der Waals surface area (Å²) in [6.07, 6.45) is 6.55. The van der Waals surface area contributed by atoms with Crippen molar-refractivity contribution in [3.63, 3.8) is 0 Å². The molecular formula is C23H21ClN6O4. The summed E-state index contributed by atoms with van der Waals surface area (Å²) in [5.74, 6) is -1.44. The minimum atomic E-state index is -1.12. The summed E-state index contributed by atoms with van der Waals surface area (Å²) in [6, 6.07) is 6.39. The third kappa shape index (κ3) is 3.86. The van der Waals surface area contributed by atoms with Crippen molar-refractivity contribution in [2.24, 2.45) is 23.5 Å². The summed E-state index contributed by atoms with van der Waals surface area (Å²) in [6.45, 7) is -0.457. The van der Waals surface area contributed by atoms with E-state index in [9.17, 15) is 14.4 Å². The monoisotopic (exact) mass is 480 g/mol. The van der Waals surface area contributed by atoms with Gasteiger partial charge in [-0.15, -0.1) is 0 Å². The van der Waals surface area contributed by atoms with Crippen molar-refractivity contribution in [3.8, 4) is 11.4 Å². The maximum Gasteiger partial charge on any atom is 0.322 e. The van der Waals surface area contributed by atoms with Crippen molar-refractivity contribution in [2.45, 2.75) is 12.5 Å². The van der Waals surface area contributed by atoms with E-state index in [1.165, 1.54) is 6.20 Å². The fourth-order valence-corrected chi connectivity index (χ4v) is 5.02. The number of aliphatic carboxylic acids is 1. The number of carboxylic acids is 1. The van der Waals surface area contributed by atoms with Gasteiger partial charge >= 0.3 is 5.97 Å². The fourth-order valence-electron chi connectivity index (χ4n) is 4.82. The summed E-state index contributed by atoms with van der Waals surface area (Å²) >= 11 is 6.48. The van der Waals surface area contributed by atoms with Gasteiger partial charge in [0.05, 0.1) is 22.8 Å². The third-order valence-corrected chi connectivity index (χ3v) is 6.68. The second kappa shape index (κ2) is 8.45. The number of allylic oxidation sites excluding steroid dienone is 1. The predicted molar refractivity (Wildman–Crippen MR) is 125 cm³/mol. The van der Waals surface area contributed by atoms with Gasteiger partial charge in [0.15, 0.2) is 5.65 Å². The Bertz CT molecular complexity index is 1340. The highest BCUT2D eigenvalue weighted by molar-refractivity contribution is 6.34. The Labute approximate surface area is 198 Å². The van der Waals surface area contributed by atoms with Crippen molar-refractivity contribution in [1.82, 2.24) is 20.3 Å². The van der Waals surface area contributed by atoms with Crippen LogP contribution >= 0.6 is 11.6 Å². The number of amides is 2. The molecule has 4 atom stereocenters. The lowest BCUT2D eigenvalue weighted by Gasteiger charge is -2.28. The maximum atomic E-state index is 12.1. The van der Waals surface area contributed by atoms with Crippen LogP contribution in [0.1, 0.15) is 16.8 Å². The van der Waals surface area contributed by atoms with Gasteiger partial charge in [0.25, 0.3) is 5.91 Å². The molecule has 0 aliphatic heterocycles. The standard InChI is InChI=1S/C23H21ClN6O4/c24-14-8-26-22-19(18(14)28-17-13-6-5-12(7-13)16(17)20(25)33)29-21(30-22)10-1-3-11(4-2-10)23(34)27-9-15(31)32/h1-6,8,12-13,16-17H,7,9H2,(H2,25,33)(H,27,34)(H,31,32)(H2,26,28,29,30)/t12-,13-,16-,17-/m1/s1. The van der Waals surface area contributed by atoms with Gasteiger partial charge in [0.1, 0.15) is 17.9 Å². The molecular weight excluding hydrogens is 460 g/mol. The number of imidazole rings is 1. The van der Waals surface area contributed by atoms with Crippen LogP contribution in [0.5, 0.6) is 0 Å². The number of nitrogens with one attached hydrogen (secondary N) is 3. The van der Waals surface area contributed by atoms with Crippen LogP contribution in [0.25, 0.3) is 22.6 Å². The number of anilines is 1. The minimum Gasteiger partial charge on any atom is -0.480 e. The first-order valence-corrected chi connectivity index (χ1v) is 11.1. The number of nitrogens with zero attached hydrogens (tertiary/aromatic N) is 2. The number of primary amides is 1. The highest BCUT2D eigenvalue weighted by Crippen LogP contribution is 2.46. The van der Waals surface area contributed by atoms with Gasteiger partial charge in [-0.25, -0.2) is 9.97 Å². The van der Waals surface area contributed by atoms with Crippen LogP contribution in [0.4, 0.5) is 5.69 Å². The highest BCUT2D eigenvalue weighted by Gasteiger charge is 2.47. The topological polar surface area (TPSA) is 163 Å². The molecule has 34 heavy (non-hydrogen) atoms. The van der Waals surface area contributed by atoms with E-state index in [2.05, 4.69) is 37.7 Å². The molecule has 0 unspecified atom stereocenters. The highest BCUT2D eigenvalue weighted by atomic mass is 35.5. The molecule has 2 aliphatic carbocycles. The number of hydrogen-bond donors (Lipinski definition) is 5. The molecule has 5 rings (SSSR count). The number of H-pyrrole nitrogens is 1. The quantitative estimate of drug-likeness (QED) is 0.323. The number of fused-ring (bicyclic) bond motifs is 3. The summed E-state index contributed by atoms with van der Waals surface area (Å²) in [5, 5.41) is 14.8. The predicted octanol–water partition coefficient (Wildman–Crippen LogP) is 2.18. The van der Waals surface area contributed by atoms with E-state index in [4.69, 9.17) is 22.4 Å². The summed E-state index contributed by atoms with van der Waals surface area (Å²) in [7, 11) is 0. The van der Waals surface area contributed by atoms with E-state index < -0.39 is 18.4 Å². The number of hydrogen-bond acceptors (Lipinski definition) is 6. The number of benzene rings is 1. The van der Waals surface area contributed by atoms with E-state index >= 15 is 0 Å². The number of nitrogens with two attached hydrogens (primary N) is 1. The van der Waals surface area contributed by atoms with Crippen molar-refractivity contribution >= 4 is 46.2 Å². The van der Waals surface area contributed by atoms with Crippen LogP contribution in [0.2, 0.25) is 5.02 Å². The van der Waals surface area contributed by atoms with Gasteiger partial charge in [-0.3, -0.25) is 14.4 Å². The molecule has 10 nitrogen and oxygen atoms in total. The second-order valence-corrected chi connectivity index (χ2v) is 8.87. The first-order valence-electron chi connectivity index (χ1n) is 10.7. The Kier molecular flexibility index (Phi) is 5.45. The summed E-state index contributed by atoms with van der Waals surface area (Å²) in [5.41, 5.74) is 8.36. The Morgan fingerprint density at radius 2 is 1.91 bits per heavy atom. The molecule has 0 spiro atoms. The molecule has 3 aromatic rings. The molecule has 2 amide bonds. The van der Waals surface area contributed by atoms with Crippen molar-refractivity contribution in [2.75, 3.05) is 11.9 Å². The molecule has 6 N–H and O–H groups in total. The zero-order chi connectivity index (χ0) is 24.0. The molecule has 174 valence electrons. The Balaban J connectivity index is 1.43. The molecule has 11 heteroatoms. The zero-order valence-corrected chi connectivity index (χ0v) is 18.5. The molecule has 2 bridgehead atoms. The number of carbonyl (C=O) groups excluding carboxylic acids is 2. The number of carboxylic acid groups (broad SMARTS) is 1. The van der Waals surface area contributed by atoms with E-state index in [0.29, 0.717) is 38.8 Å². The lowest BCUT2D eigenvalue weighted by atomic mass is 9.88. The second-order valence-electron chi connectivity index (χ2n) is 8.47. The van der Waals surface area contributed by atoms with Crippen LogP contribution in [0.15, 0.2) is 42.6 Å². The van der Waals surface area contributed by atoms with Gasteiger partial charge < -0.3 is 26.5 Å². The Morgan fingerprint density at radius 3 is 2.62 bits per heavy atom. The van der Waals surface area contributed by atoms with Gasteiger partial charge in [0.2, 0.25) is 5.91 Å². The molecule has 0 radical (unpaired) electrons. The average Bonchev–Trinajstić information content (AvgIpc) is 3.54. The largest absolute Gasteiger partial charge is 0.480 e. The fraction of sp³-hybridized carbons (Fsp3) is 0.261. The molecule has 1 fully saturated rings. The Morgan fingerprint density at radius 1 is 1.18 bits per heavy atom. The molecule has 2 aliphatic rings. The maximum absolute atomic E-state index is 12.1. The normalized spacial score (nSPS) is 22.7. The SMILES string of the molecule is NC(=O)[C@H]1[C@H](Nc2c(Cl)cnc3nc(-c4ccc(C(=O)NCC(=O)O)cc4)[nH]c23)[C@@H]2C=C[C@@H]1C2. The third-order valence-electron chi connectivity index (χ3n) is 6.39. The van der Waals surface area contributed by atoms with Crippen LogP contribution in [0, 0.1) is 17.8 Å². The minimum absolute atomic E-state index is 0.125. The number of halogens is 1. The van der Waals surface area contributed by atoms with Gasteiger partial charge in [-0.1, -0.05) is 35.9 Å². The van der Waals surface area contributed by atoms with Gasteiger partial charge in [0, 0.05) is 17.2 Å². The number of carbonyl (C=O) groups is 3. The first kappa shape index (κ1) is 21.9. The molecule has 2 heterocycles. The average molecular weight is 481 g/mol. The molecule has 1 saturated carbocycles. The van der Waals surface area contributed by atoms with E-state index in [1.54, 1.807) is 24.3 Å². The number of rotatable bonds is 7. The van der Waals surface area contributed by atoms with Crippen molar-refractivity contribution < 1.29 is 19.5 Å². The van der Waals surface area contributed by atoms with Crippen molar-refractivity contribution in [1.29, 1.82) is 0 Å². The van der Waals surface area contributed by atoms with Crippen LogP contribution in [-0.4, -0.2) is 50.4 Å². The lowest BCUT2D eigenvalue weighted by Crippen LogP contribution is -2.41. The number of pyridine rings is 1.